The molecule has 0 bridgehead atoms. The molecule has 0 fully saturated rings. The molecule has 0 unspecified atom stereocenters. The Balaban J connectivity index is 5.84. The maximum Gasteiger partial charge on any atom is 0.460 e. The molecule has 18 heteroatoms. The van der Waals surface area contributed by atoms with Gasteiger partial charge in [0.15, 0.2) is 0 Å². The topological polar surface area (TPSA) is 0 Å². The third-order valence-corrected chi connectivity index (χ3v) is 3.17. The average Bonchev–Trinajstić information content (AvgIpc) is 2.42. The molecule has 0 N–H and O–H groups in total. The molecule has 0 heterocycles. The molecule has 0 nitrogen and oxygen atoms in total. The number of halogens is 18. The molecule has 0 aliphatic rings. The number of alkyl halides is 18. The molecule has 0 aromatic rings. The van der Waals surface area contributed by atoms with Crippen molar-refractivity contribution < 1.29 is 79.0 Å². The zero-order chi connectivity index (χ0) is 23.4. The molecule has 0 amide bonds. The van der Waals surface area contributed by atoms with Crippen LogP contribution in [0.15, 0.2) is 0 Å². The van der Waals surface area contributed by atoms with E-state index in [0.717, 1.165) is 0 Å². The van der Waals surface area contributed by atoms with Gasteiger partial charge in [0.25, 0.3) is 0 Å². The van der Waals surface area contributed by atoms with E-state index in [-0.39, 0.29) is 0 Å². The lowest BCUT2D eigenvalue weighted by Gasteiger charge is -2.36. The van der Waals surface area contributed by atoms with E-state index < -0.39 is 60.7 Å². The molecule has 0 saturated carbocycles. The molecule has 0 atom stereocenters. The maximum atomic E-state index is 13.0. The van der Waals surface area contributed by atoms with Gasteiger partial charge in [-0.25, -0.2) is 0 Å². The molecule has 170 valence electrons. The fourth-order valence-electron chi connectivity index (χ4n) is 1.44. The van der Waals surface area contributed by atoms with Crippen LogP contribution in [-0.4, -0.2) is 47.9 Å². The third kappa shape index (κ3) is 3.91. The van der Waals surface area contributed by atoms with E-state index in [4.69, 9.17) is 0 Å². The fraction of sp³-hybridized carbons (Fsp3) is 1.00. The van der Waals surface area contributed by atoms with Crippen molar-refractivity contribution in [3.63, 3.8) is 0 Å². The molecule has 0 aromatic carbocycles. The average molecular weight is 466 g/mol. The summed E-state index contributed by atoms with van der Waals surface area (Å²) in [5, 5.41) is 0. The molecule has 0 saturated heterocycles. The van der Waals surface area contributed by atoms with Gasteiger partial charge in [-0.1, -0.05) is 0 Å². The molecule has 0 rings (SSSR count). The van der Waals surface area contributed by atoms with Crippen LogP contribution < -0.4 is 0 Å². The second-order valence-corrected chi connectivity index (χ2v) is 5.20. The smallest absolute Gasteiger partial charge is 0.200 e. The number of hydrogen-bond donors (Lipinski definition) is 0. The molecule has 0 aliphatic heterocycles. The predicted octanol–water partition coefficient (Wildman–Crippen LogP) is 6.70. The zero-order valence-electron chi connectivity index (χ0n) is 12.2. The summed E-state index contributed by atoms with van der Waals surface area (Å²) in [7, 11) is 0. The first kappa shape index (κ1) is 26.7. The van der Waals surface area contributed by atoms with Crippen molar-refractivity contribution >= 4 is 0 Å². The van der Waals surface area contributed by atoms with Crippen LogP contribution in [0.25, 0.3) is 0 Å². The first-order valence-electron chi connectivity index (χ1n) is 6.11. The molecular formula is C10H4F18. The summed E-state index contributed by atoms with van der Waals surface area (Å²) in [4.78, 5) is 0. The van der Waals surface area contributed by atoms with Gasteiger partial charge < -0.3 is 0 Å². The lowest BCUT2D eigenvalue weighted by molar-refractivity contribution is -0.406. The van der Waals surface area contributed by atoms with Gasteiger partial charge in [0, 0.05) is 12.8 Å². The molecule has 28 heavy (non-hydrogen) atoms. The fourth-order valence-corrected chi connectivity index (χ4v) is 1.44. The van der Waals surface area contributed by atoms with Crippen molar-refractivity contribution in [2.24, 2.45) is 0 Å². The second kappa shape index (κ2) is 6.63. The Morgan fingerprint density at radius 3 is 0.607 bits per heavy atom. The van der Waals surface area contributed by atoms with Gasteiger partial charge in [0.1, 0.15) is 0 Å². The van der Waals surface area contributed by atoms with Gasteiger partial charge in [-0.15, -0.1) is 0 Å². The van der Waals surface area contributed by atoms with E-state index in [2.05, 4.69) is 0 Å². The Morgan fingerprint density at radius 1 is 0.286 bits per heavy atom. The first-order valence-corrected chi connectivity index (χ1v) is 6.11. The normalized spacial score (nSPS) is 16.5. The van der Waals surface area contributed by atoms with Crippen LogP contribution in [0.3, 0.4) is 0 Å². The van der Waals surface area contributed by atoms with E-state index in [1.807, 2.05) is 0 Å². The highest BCUT2D eigenvalue weighted by molar-refractivity contribution is 5.04. The lowest BCUT2D eigenvalue weighted by atomic mass is 9.94. The molecule has 0 spiro atoms. The quantitative estimate of drug-likeness (QED) is 0.367. The number of hydrogen-bond acceptors (Lipinski definition) is 0. The summed E-state index contributed by atoms with van der Waals surface area (Å²) in [6, 6.07) is 0. The molecular weight excluding hydrogens is 462 g/mol. The van der Waals surface area contributed by atoms with E-state index in [0.29, 0.717) is 0 Å². The van der Waals surface area contributed by atoms with Gasteiger partial charge in [-0.2, -0.15) is 79.0 Å². The van der Waals surface area contributed by atoms with Crippen LogP contribution in [0, 0.1) is 0 Å². The van der Waals surface area contributed by atoms with Crippen LogP contribution >= 0.6 is 0 Å². The van der Waals surface area contributed by atoms with Crippen molar-refractivity contribution in [1.82, 2.24) is 0 Å². The Labute approximate surface area is 141 Å². The Bertz CT molecular complexity index is 498. The minimum atomic E-state index is -7.60. The van der Waals surface area contributed by atoms with Crippen molar-refractivity contribution in [2.75, 3.05) is 0 Å². The summed E-state index contributed by atoms with van der Waals surface area (Å²) >= 11 is 0. The van der Waals surface area contributed by atoms with Crippen molar-refractivity contribution in [3.8, 4) is 0 Å². The Morgan fingerprint density at radius 2 is 0.464 bits per heavy atom. The highest BCUT2D eigenvalue weighted by Gasteiger charge is 2.84. The van der Waals surface area contributed by atoms with Crippen LogP contribution in [0.5, 0.6) is 0 Å². The van der Waals surface area contributed by atoms with Crippen LogP contribution in [0.1, 0.15) is 12.8 Å². The SMILES string of the molecule is FC(F)(F)C(F)(F)C(F)(F)C(F)(F)CCC(F)(F)C(F)(F)C(F)(F)C(F)(F)F. The van der Waals surface area contributed by atoms with Gasteiger partial charge >= 0.3 is 47.9 Å². The van der Waals surface area contributed by atoms with E-state index in [1.54, 1.807) is 0 Å². The number of rotatable bonds is 7. The van der Waals surface area contributed by atoms with Crippen molar-refractivity contribution in [3.05, 3.63) is 0 Å². The highest BCUT2D eigenvalue weighted by atomic mass is 19.4. The van der Waals surface area contributed by atoms with Gasteiger partial charge in [0.2, 0.25) is 0 Å². The Kier molecular flexibility index (Phi) is 6.33. The van der Waals surface area contributed by atoms with Crippen molar-refractivity contribution in [2.45, 2.75) is 60.7 Å². The third-order valence-electron chi connectivity index (χ3n) is 3.17. The van der Waals surface area contributed by atoms with E-state index in [1.165, 1.54) is 0 Å². The summed E-state index contributed by atoms with van der Waals surface area (Å²) in [6.45, 7) is 0. The lowest BCUT2D eigenvalue weighted by Crippen LogP contribution is -2.63. The van der Waals surface area contributed by atoms with Gasteiger partial charge in [0.05, 0.1) is 0 Å². The maximum absolute atomic E-state index is 13.0. The zero-order valence-corrected chi connectivity index (χ0v) is 12.2. The largest absolute Gasteiger partial charge is 0.460 e. The van der Waals surface area contributed by atoms with Crippen molar-refractivity contribution in [1.29, 1.82) is 0 Å². The second-order valence-electron chi connectivity index (χ2n) is 5.20. The van der Waals surface area contributed by atoms with Crippen LogP contribution in [-0.2, 0) is 0 Å². The summed E-state index contributed by atoms with van der Waals surface area (Å²) in [5.74, 6) is -44.0. The summed E-state index contributed by atoms with van der Waals surface area (Å²) in [6.07, 6.45) is -22.3. The highest BCUT2D eigenvalue weighted by Crippen LogP contribution is 2.57. The monoisotopic (exact) mass is 466 g/mol. The van der Waals surface area contributed by atoms with Gasteiger partial charge in [-0.05, 0) is 0 Å². The van der Waals surface area contributed by atoms with E-state index in [9.17, 15) is 79.0 Å². The standard InChI is InChI=1S/C10H4F18/c11-3(12,5(15,16)7(19,20)9(23,24)25)1-2-4(13,14)6(17,18)8(21,22)10(26,27)28/h1-2H2. The predicted molar refractivity (Wildman–Crippen MR) is 51.0 cm³/mol. The Hall–Kier alpha value is -1.26. The molecule has 0 aromatic heterocycles. The minimum absolute atomic E-state index is 3.73. The summed E-state index contributed by atoms with van der Waals surface area (Å²) < 4.78 is 223. The first-order chi connectivity index (χ1) is 11.7. The molecule has 0 aliphatic carbocycles. The van der Waals surface area contributed by atoms with E-state index >= 15 is 0 Å². The van der Waals surface area contributed by atoms with Gasteiger partial charge in [-0.3, -0.25) is 0 Å². The minimum Gasteiger partial charge on any atom is -0.200 e. The summed E-state index contributed by atoms with van der Waals surface area (Å²) in [5.41, 5.74) is 0. The molecule has 0 radical (unpaired) electrons. The van der Waals surface area contributed by atoms with Crippen LogP contribution in [0.2, 0.25) is 0 Å². The van der Waals surface area contributed by atoms with Crippen LogP contribution in [0.4, 0.5) is 79.0 Å².